The van der Waals surface area contributed by atoms with Crippen molar-refractivity contribution >= 4 is 0 Å². The molecule has 0 radical (unpaired) electrons. The van der Waals surface area contributed by atoms with Crippen molar-refractivity contribution in [2.75, 3.05) is 13.2 Å². The van der Waals surface area contributed by atoms with Crippen LogP contribution in [0, 0.1) is 5.41 Å². The van der Waals surface area contributed by atoms with Gasteiger partial charge in [-0.25, -0.2) is 0 Å². The molecule has 88 valence electrons. The maximum absolute atomic E-state index is 9.00. The van der Waals surface area contributed by atoms with Crippen molar-refractivity contribution in [1.29, 1.82) is 0 Å². The summed E-state index contributed by atoms with van der Waals surface area (Å²) < 4.78 is 0. The largest absolute Gasteiger partial charge is 0.396 e. The summed E-state index contributed by atoms with van der Waals surface area (Å²) in [6.07, 6.45) is 3.48. The van der Waals surface area contributed by atoms with Gasteiger partial charge >= 0.3 is 0 Å². The summed E-state index contributed by atoms with van der Waals surface area (Å²) >= 11 is 0. The van der Waals surface area contributed by atoms with Crippen molar-refractivity contribution in [3.8, 4) is 0 Å². The van der Waals surface area contributed by atoms with Crippen LogP contribution in [0.5, 0.6) is 0 Å². The first-order valence-corrected chi connectivity index (χ1v) is 6.15. The van der Waals surface area contributed by atoms with E-state index in [1.54, 1.807) is 0 Å². The molecule has 2 rings (SSSR count). The van der Waals surface area contributed by atoms with Gasteiger partial charge in [-0.15, -0.1) is 0 Å². The van der Waals surface area contributed by atoms with Gasteiger partial charge in [0.1, 0.15) is 0 Å². The fourth-order valence-corrected chi connectivity index (χ4v) is 2.16. The molecule has 1 aliphatic carbocycles. The summed E-state index contributed by atoms with van der Waals surface area (Å²) in [6, 6.07) is 10.9. The van der Waals surface area contributed by atoms with Gasteiger partial charge in [0, 0.05) is 19.2 Å². The summed E-state index contributed by atoms with van der Waals surface area (Å²) in [6.45, 7) is 3.55. The second kappa shape index (κ2) is 4.98. The van der Waals surface area contributed by atoms with Crippen LogP contribution in [0.1, 0.15) is 37.8 Å². The minimum absolute atomic E-state index is 0.321. The molecule has 0 spiro atoms. The standard InChI is InChI=1S/C14H21NO/c1-12(13-5-3-2-4-6-13)15-11-14(7-8-14)9-10-16/h2-6,12,15-16H,7-11H2,1H3. The van der Waals surface area contributed by atoms with Crippen LogP contribution in [0.4, 0.5) is 0 Å². The Hall–Kier alpha value is -0.860. The highest BCUT2D eigenvalue weighted by Crippen LogP contribution is 2.48. The molecule has 2 N–H and O–H groups in total. The van der Waals surface area contributed by atoms with Crippen molar-refractivity contribution in [2.24, 2.45) is 5.41 Å². The third kappa shape index (κ3) is 2.83. The molecule has 0 heterocycles. The number of nitrogens with one attached hydrogen (secondary N) is 1. The quantitative estimate of drug-likeness (QED) is 0.770. The maximum atomic E-state index is 9.00. The first-order chi connectivity index (χ1) is 7.76. The van der Waals surface area contributed by atoms with Crippen LogP contribution in [0.3, 0.4) is 0 Å². The van der Waals surface area contributed by atoms with E-state index >= 15 is 0 Å². The average Bonchev–Trinajstić information content (AvgIpc) is 3.08. The average molecular weight is 219 g/mol. The van der Waals surface area contributed by atoms with Crippen LogP contribution < -0.4 is 5.32 Å². The second-order valence-corrected chi connectivity index (χ2v) is 4.99. The molecule has 0 saturated heterocycles. The molecule has 0 aliphatic heterocycles. The normalized spacial score (nSPS) is 19.4. The number of rotatable bonds is 6. The lowest BCUT2D eigenvalue weighted by Crippen LogP contribution is -2.27. The number of hydrogen-bond acceptors (Lipinski definition) is 2. The third-order valence-corrected chi connectivity index (χ3v) is 3.68. The number of hydrogen-bond donors (Lipinski definition) is 2. The fourth-order valence-electron chi connectivity index (χ4n) is 2.16. The van der Waals surface area contributed by atoms with Crippen LogP contribution in [0.15, 0.2) is 30.3 Å². The number of aliphatic hydroxyl groups is 1. The van der Waals surface area contributed by atoms with Gasteiger partial charge in [-0.05, 0) is 37.2 Å². The molecule has 1 unspecified atom stereocenters. The first kappa shape index (κ1) is 11.6. The zero-order valence-corrected chi connectivity index (χ0v) is 9.95. The zero-order valence-electron chi connectivity index (χ0n) is 9.95. The second-order valence-electron chi connectivity index (χ2n) is 4.99. The molecule has 1 atom stereocenters. The first-order valence-electron chi connectivity index (χ1n) is 6.15. The zero-order chi connectivity index (χ0) is 11.4. The molecular weight excluding hydrogens is 198 g/mol. The van der Waals surface area contributed by atoms with Gasteiger partial charge in [-0.2, -0.15) is 0 Å². The Kier molecular flexibility index (Phi) is 3.62. The van der Waals surface area contributed by atoms with E-state index in [4.69, 9.17) is 5.11 Å². The highest BCUT2D eigenvalue weighted by atomic mass is 16.3. The Morgan fingerprint density at radius 1 is 1.31 bits per heavy atom. The van der Waals surface area contributed by atoms with Crippen LogP contribution in [0.25, 0.3) is 0 Å². The molecule has 0 bridgehead atoms. The molecule has 2 nitrogen and oxygen atoms in total. The highest BCUT2D eigenvalue weighted by molar-refractivity contribution is 5.18. The molecule has 1 aromatic carbocycles. The van der Waals surface area contributed by atoms with E-state index in [1.165, 1.54) is 18.4 Å². The van der Waals surface area contributed by atoms with Crippen molar-refractivity contribution in [3.05, 3.63) is 35.9 Å². The number of benzene rings is 1. The summed E-state index contributed by atoms with van der Waals surface area (Å²) in [5.41, 5.74) is 1.74. The Bertz CT molecular complexity index is 319. The molecule has 2 heteroatoms. The van der Waals surface area contributed by atoms with E-state index in [-0.39, 0.29) is 0 Å². The topological polar surface area (TPSA) is 32.3 Å². The van der Waals surface area contributed by atoms with E-state index in [9.17, 15) is 0 Å². The van der Waals surface area contributed by atoms with Crippen LogP contribution in [-0.4, -0.2) is 18.3 Å². The van der Waals surface area contributed by atoms with Gasteiger partial charge in [0.05, 0.1) is 0 Å². The molecule has 0 aromatic heterocycles. The SMILES string of the molecule is CC(NCC1(CCO)CC1)c1ccccc1. The van der Waals surface area contributed by atoms with Crippen molar-refractivity contribution < 1.29 is 5.11 Å². The molecular formula is C14H21NO. The molecule has 0 amide bonds. The van der Waals surface area contributed by atoms with Crippen molar-refractivity contribution in [1.82, 2.24) is 5.32 Å². The van der Waals surface area contributed by atoms with Gasteiger partial charge < -0.3 is 10.4 Å². The Morgan fingerprint density at radius 3 is 2.56 bits per heavy atom. The van der Waals surface area contributed by atoms with Gasteiger partial charge in [0.15, 0.2) is 0 Å². The summed E-state index contributed by atoms with van der Waals surface area (Å²) in [5.74, 6) is 0. The molecule has 1 saturated carbocycles. The van der Waals surface area contributed by atoms with Crippen LogP contribution in [-0.2, 0) is 0 Å². The van der Waals surface area contributed by atoms with Gasteiger partial charge in [0.2, 0.25) is 0 Å². The molecule has 16 heavy (non-hydrogen) atoms. The maximum Gasteiger partial charge on any atom is 0.0436 e. The minimum Gasteiger partial charge on any atom is -0.396 e. The Labute approximate surface area is 97.7 Å². The van der Waals surface area contributed by atoms with Crippen molar-refractivity contribution in [2.45, 2.75) is 32.2 Å². The minimum atomic E-state index is 0.321. The van der Waals surface area contributed by atoms with E-state index in [0.29, 0.717) is 18.1 Å². The van der Waals surface area contributed by atoms with E-state index in [2.05, 4.69) is 36.5 Å². The lowest BCUT2D eigenvalue weighted by atomic mass is 10.0. The monoisotopic (exact) mass is 219 g/mol. The predicted octanol–water partition coefficient (Wildman–Crippen LogP) is 2.50. The predicted molar refractivity (Wildman–Crippen MR) is 66.2 cm³/mol. The lowest BCUT2D eigenvalue weighted by Gasteiger charge is -2.19. The van der Waals surface area contributed by atoms with Gasteiger partial charge in [-0.1, -0.05) is 30.3 Å². The van der Waals surface area contributed by atoms with Gasteiger partial charge in [-0.3, -0.25) is 0 Å². The van der Waals surface area contributed by atoms with Crippen LogP contribution in [0.2, 0.25) is 0 Å². The summed E-state index contributed by atoms with van der Waals surface area (Å²) in [4.78, 5) is 0. The van der Waals surface area contributed by atoms with E-state index < -0.39 is 0 Å². The summed E-state index contributed by atoms with van der Waals surface area (Å²) in [7, 11) is 0. The van der Waals surface area contributed by atoms with E-state index in [1.807, 2.05) is 6.07 Å². The molecule has 1 fully saturated rings. The van der Waals surface area contributed by atoms with E-state index in [0.717, 1.165) is 13.0 Å². The van der Waals surface area contributed by atoms with Gasteiger partial charge in [0.25, 0.3) is 0 Å². The number of aliphatic hydroxyl groups excluding tert-OH is 1. The smallest absolute Gasteiger partial charge is 0.0436 e. The Balaban J connectivity index is 1.82. The molecule has 1 aromatic rings. The third-order valence-electron chi connectivity index (χ3n) is 3.68. The fraction of sp³-hybridized carbons (Fsp3) is 0.571. The van der Waals surface area contributed by atoms with Crippen molar-refractivity contribution in [3.63, 3.8) is 0 Å². The lowest BCUT2D eigenvalue weighted by molar-refractivity contribution is 0.243. The molecule has 1 aliphatic rings. The van der Waals surface area contributed by atoms with Crippen LogP contribution >= 0.6 is 0 Å². The summed E-state index contributed by atoms with van der Waals surface area (Å²) in [5, 5.41) is 12.6. The highest BCUT2D eigenvalue weighted by Gasteiger charge is 2.41. The Morgan fingerprint density at radius 2 is 2.00 bits per heavy atom.